The van der Waals surface area contributed by atoms with Gasteiger partial charge in [-0.2, -0.15) is 0 Å². The molecule has 0 radical (unpaired) electrons. The minimum absolute atomic E-state index is 0.0346. The van der Waals surface area contributed by atoms with E-state index in [9.17, 15) is 9.59 Å². The van der Waals surface area contributed by atoms with Crippen LogP contribution in [0.4, 0.5) is 0 Å². The largest absolute Gasteiger partial charge is 0.348 e. The zero-order valence-electron chi connectivity index (χ0n) is 14.2. The monoisotopic (exact) mass is 330 g/mol. The van der Waals surface area contributed by atoms with E-state index in [-0.39, 0.29) is 17.7 Å². The van der Waals surface area contributed by atoms with Crippen molar-refractivity contribution in [3.05, 3.63) is 17.7 Å². The van der Waals surface area contributed by atoms with Gasteiger partial charge in [-0.05, 0) is 51.4 Å². The SMILES string of the molecule is O=C(NC1CCC1)c1ncn2c1CCC(C(=O)N1CCCCC1)C2. The molecule has 0 bridgehead atoms. The van der Waals surface area contributed by atoms with Gasteiger partial charge in [0.05, 0.1) is 17.9 Å². The minimum Gasteiger partial charge on any atom is -0.348 e. The number of carbonyl (C=O) groups excluding carboxylic acids is 2. The van der Waals surface area contributed by atoms with Crippen LogP contribution in [0.25, 0.3) is 0 Å². The summed E-state index contributed by atoms with van der Waals surface area (Å²) in [6.45, 7) is 2.47. The summed E-state index contributed by atoms with van der Waals surface area (Å²) in [6.07, 6.45) is 10.2. The van der Waals surface area contributed by atoms with Gasteiger partial charge in [-0.1, -0.05) is 0 Å². The molecule has 24 heavy (non-hydrogen) atoms. The molecule has 3 heterocycles. The molecule has 1 unspecified atom stereocenters. The average molecular weight is 330 g/mol. The first-order valence-corrected chi connectivity index (χ1v) is 9.36. The molecule has 0 aromatic carbocycles. The van der Waals surface area contributed by atoms with E-state index in [0.717, 1.165) is 57.3 Å². The number of rotatable bonds is 3. The van der Waals surface area contributed by atoms with E-state index in [1.165, 1.54) is 12.8 Å². The topological polar surface area (TPSA) is 67.2 Å². The second-order valence-corrected chi connectivity index (χ2v) is 7.42. The van der Waals surface area contributed by atoms with Crippen LogP contribution in [0.2, 0.25) is 0 Å². The van der Waals surface area contributed by atoms with E-state index in [1.54, 1.807) is 6.33 Å². The number of nitrogens with one attached hydrogen (secondary N) is 1. The highest BCUT2D eigenvalue weighted by molar-refractivity contribution is 5.93. The molecule has 2 fully saturated rings. The summed E-state index contributed by atoms with van der Waals surface area (Å²) in [5, 5.41) is 3.06. The van der Waals surface area contributed by atoms with Crippen LogP contribution in [0.15, 0.2) is 6.33 Å². The Hall–Kier alpha value is -1.85. The number of carbonyl (C=O) groups is 2. The van der Waals surface area contributed by atoms with E-state index >= 15 is 0 Å². The highest BCUT2D eigenvalue weighted by atomic mass is 16.2. The van der Waals surface area contributed by atoms with E-state index in [0.29, 0.717) is 18.3 Å². The maximum Gasteiger partial charge on any atom is 0.271 e. The molecule has 1 aromatic heterocycles. The highest BCUT2D eigenvalue weighted by Gasteiger charge is 2.32. The lowest BCUT2D eigenvalue weighted by Crippen LogP contribution is -2.42. The molecule has 6 heteroatoms. The van der Waals surface area contributed by atoms with Crippen molar-refractivity contribution in [2.45, 2.75) is 64.0 Å². The van der Waals surface area contributed by atoms with Gasteiger partial charge in [-0.25, -0.2) is 4.98 Å². The zero-order valence-corrected chi connectivity index (χ0v) is 14.2. The predicted molar refractivity (Wildman–Crippen MR) is 89.6 cm³/mol. The maximum absolute atomic E-state index is 12.7. The van der Waals surface area contributed by atoms with E-state index in [4.69, 9.17) is 0 Å². The molecule has 2 aliphatic heterocycles. The number of likely N-dealkylation sites (tertiary alicyclic amines) is 1. The Bertz CT molecular complexity index is 629. The quantitative estimate of drug-likeness (QED) is 0.918. The van der Waals surface area contributed by atoms with E-state index in [1.807, 2.05) is 9.47 Å². The van der Waals surface area contributed by atoms with Crippen molar-refractivity contribution >= 4 is 11.8 Å². The lowest BCUT2D eigenvalue weighted by Gasteiger charge is -2.32. The van der Waals surface area contributed by atoms with Gasteiger partial charge >= 0.3 is 0 Å². The second-order valence-electron chi connectivity index (χ2n) is 7.42. The van der Waals surface area contributed by atoms with E-state index < -0.39 is 0 Å². The third-order valence-electron chi connectivity index (χ3n) is 5.77. The van der Waals surface area contributed by atoms with Crippen molar-refractivity contribution in [3.63, 3.8) is 0 Å². The summed E-state index contributed by atoms with van der Waals surface area (Å²) in [5.41, 5.74) is 1.56. The first kappa shape index (κ1) is 15.7. The third kappa shape index (κ3) is 2.94. The van der Waals surface area contributed by atoms with Crippen LogP contribution >= 0.6 is 0 Å². The standard InChI is InChI=1S/C18H26N4O2/c23-17(20-14-5-4-6-14)16-15-8-7-13(11-22(15)12-19-16)18(24)21-9-2-1-3-10-21/h12-14H,1-11H2,(H,20,23). The first-order valence-electron chi connectivity index (χ1n) is 9.36. The highest BCUT2D eigenvalue weighted by Crippen LogP contribution is 2.26. The molecule has 3 aliphatic rings. The molecule has 1 aromatic rings. The van der Waals surface area contributed by atoms with Crippen LogP contribution in [0, 0.1) is 5.92 Å². The minimum atomic E-state index is -0.0470. The molecule has 6 nitrogen and oxygen atoms in total. The van der Waals surface area contributed by atoms with Gasteiger partial charge in [0.2, 0.25) is 5.91 Å². The average Bonchev–Trinajstić information content (AvgIpc) is 3.01. The van der Waals surface area contributed by atoms with Gasteiger partial charge in [-0.15, -0.1) is 0 Å². The van der Waals surface area contributed by atoms with Crippen molar-refractivity contribution in [2.24, 2.45) is 5.92 Å². The van der Waals surface area contributed by atoms with Crippen LogP contribution in [0.5, 0.6) is 0 Å². The summed E-state index contributed by atoms with van der Waals surface area (Å²) >= 11 is 0. The fraction of sp³-hybridized carbons (Fsp3) is 0.722. The first-order chi connectivity index (χ1) is 11.7. The molecule has 4 rings (SSSR count). The second kappa shape index (κ2) is 6.57. The summed E-state index contributed by atoms with van der Waals surface area (Å²) < 4.78 is 2.02. The molecule has 2 amide bonds. The van der Waals surface area contributed by atoms with Crippen LogP contribution in [0.1, 0.15) is 61.1 Å². The Balaban J connectivity index is 1.42. The third-order valence-corrected chi connectivity index (χ3v) is 5.77. The fourth-order valence-corrected chi connectivity index (χ4v) is 4.04. The lowest BCUT2D eigenvalue weighted by molar-refractivity contribution is -0.137. The Labute approximate surface area is 142 Å². The maximum atomic E-state index is 12.7. The van der Waals surface area contributed by atoms with Crippen molar-refractivity contribution in [3.8, 4) is 0 Å². The van der Waals surface area contributed by atoms with Crippen molar-refractivity contribution in [1.29, 1.82) is 0 Å². The number of piperidine rings is 1. The Morgan fingerprint density at radius 3 is 2.58 bits per heavy atom. The fourth-order valence-electron chi connectivity index (χ4n) is 4.04. The van der Waals surface area contributed by atoms with Crippen LogP contribution in [0.3, 0.4) is 0 Å². The Morgan fingerprint density at radius 1 is 1.08 bits per heavy atom. The molecule has 1 saturated carbocycles. The summed E-state index contributed by atoms with van der Waals surface area (Å²) in [5.74, 6) is 0.274. The normalized spacial score (nSPS) is 24.2. The number of hydrogen-bond acceptors (Lipinski definition) is 3. The molecular formula is C18H26N4O2. The van der Waals surface area contributed by atoms with Gasteiger partial charge in [0.1, 0.15) is 5.69 Å². The Morgan fingerprint density at radius 2 is 1.88 bits per heavy atom. The molecule has 0 spiro atoms. The van der Waals surface area contributed by atoms with Gasteiger partial charge < -0.3 is 14.8 Å². The number of aromatic nitrogens is 2. The van der Waals surface area contributed by atoms with Crippen LogP contribution in [-0.4, -0.2) is 45.4 Å². The molecule has 130 valence electrons. The molecule has 1 aliphatic carbocycles. The molecule has 1 atom stereocenters. The van der Waals surface area contributed by atoms with Crippen LogP contribution < -0.4 is 5.32 Å². The van der Waals surface area contributed by atoms with E-state index in [2.05, 4.69) is 10.3 Å². The molecule has 1 saturated heterocycles. The van der Waals surface area contributed by atoms with Crippen molar-refractivity contribution in [1.82, 2.24) is 19.8 Å². The number of fused-ring (bicyclic) bond motifs is 1. The lowest BCUT2D eigenvalue weighted by atomic mass is 9.92. The smallest absolute Gasteiger partial charge is 0.271 e. The van der Waals surface area contributed by atoms with Crippen LogP contribution in [-0.2, 0) is 17.8 Å². The Kier molecular flexibility index (Phi) is 4.29. The summed E-state index contributed by atoms with van der Waals surface area (Å²) in [4.78, 5) is 31.5. The van der Waals surface area contributed by atoms with Gasteiger partial charge in [0.15, 0.2) is 0 Å². The van der Waals surface area contributed by atoms with Gasteiger partial charge in [0, 0.05) is 25.7 Å². The number of nitrogens with zero attached hydrogens (tertiary/aromatic N) is 3. The van der Waals surface area contributed by atoms with Crippen molar-refractivity contribution < 1.29 is 9.59 Å². The van der Waals surface area contributed by atoms with Crippen molar-refractivity contribution in [2.75, 3.05) is 13.1 Å². The molecular weight excluding hydrogens is 304 g/mol. The number of imidazole rings is 1. The van der Waals surface area contributed by atoms with Gasteiger partial charge in [0.25, 0.3) is 5.91 Å². The summed E-state index contributed by atoms with van der Waals surface area (Å²) in [6, 6.07) is 0.326. The zero-order chi connectivity index (χ0) is 16.5. The number of amides is 2. The number of hydrogen-bond donors (Lipinski definition) is 1. The van der Waals surface area contributed by atoms with Gasteiger partial charge in [-0.3, -0.25) is 9.59 Å². The predicted octanol–water partition coefficient (Wildman–Crippen LogP) is 1.74. The molecule has 1 N–H and O–H groups in total. The summed E-state index contributed by atoms with van der Waals surface area (Å²) in [7, 11) is 0.